The highest BCUT2D eigenvalue weighted by Crippen LogP contribution is 2.22. The second kappa shape index (κ2) is 6.46. The Hall–Kier alpha value is -1.92. The van der Waals surface area contributed by atoms with Crippen LogP contribution in [0.3, 0.4) is 0 Å². The van der Waals surface area contributed by atoms with E-state index in [1.54, 1.807) is 22.0 Å². The molecule has 0 saturated carbocycles. The molecule has 1 amide bonds. The Bertz CT molecular complexity index is 673. The molecule has 0 aromatic carbocycles. The molecule has 3 heterocycles. The number of carbonyl (C=O) groups is 1. The molecule has 3 rings (SSSR count). The molecule has 0 radical (unpaired) electrons. The third kappa shape index (κ3) is 3.45. The molecule has 1 atom stereocenters. The largest absolute Gasteiger partial charge is 0.370 e. The zero-order chi connectivity index (χ0) is 15.5. The number of rotatable bonds is 3. The lowest BCUT2D eigenvalue weighted by atomic mass is 10.1. The van der Waals surface area contributed by atoms with Crippen LogP contribution in [-0.4, -0.2) is 45.3 Å². The minimum Gasteiger partial charge on any atom is -0.370 e. The first-order valence-electron chi connectivity index (χ1n) is 7.12. The Balaban J connectivity index is 1.66. The van der Waals surface area contributed by atoms with Crippen molar-refractivity contribution in [2.45, 2.75) is 19.6 Å². The molecule has 116 valence electrons. The summed E-state index contributed by atoms with van der Waals surface area (Å²) in [5.41, 5.74) is 1.99. The molecule has 0 bridgehead atoms. The molecule has 0 N–H and O–H groups in total. The predicted octanol–water partition coefficient (Wildman–Crippen LogP) is 1.84. The van der Waals surface area contributed by atoms with Crippen LogP contribution in [0.4, 0.5) is 0 Å². The molecule has 7 heteroatoms. The maximum atomic E-state index is 12.4. The van der Waals surface area contributed by atoms with Gasteiger partial charge in [0.05, 0.1) is 24.4 Å². The van der Waals surface area contributed by atoms with E-state index in [9.17, 15) is 4.79 Å². The summed E-state index contributed by atoms with van der Waals surface area (Å²) >= 11 is 5.81. The number of hydrogen-bond acceptors (Lipinski definition) is 4. The van der Waals surface area contributed by atoms with Crippen molar-refractivity contribution in [3.8, 4) is 0 Å². The van der Waals surface area contributed by atoms with E-state index in [0.717, 1.165) is 11.3 Å². The van der Waals surface area contributed by atoms with Crippen molar-refractivity contribution in [1.29, 1.82) is 0 Å². The van der Waals surface area contributed by atoms with Crippen LogP contribution >= 0.6 is 11.6 Å². The first kappa shape index (κ1) is 15.0. The Morgan fingerprint density at radius 1 is 1.55 bits per heavy atom. The van der Waals surface area contributed by atoms with E-state index in [2.05, 4.69) is 10.1 Å². The summed E-state index contributed by atoms with van der Waals surface area (Å²) in [4.78, 5) is 18.4. The van der Waals surface area contributed by atoms with Crippen molar-refractivity contribution in [1.82, 2.24) is 19.7 Å². The number of nitrogens with zero attached hydrogens (tertiary/aromatic N) is 4. The van der Waals surface area contributed by atoms with E-state index >= 15 is 0 Å². The molecule has 0 aliphatic carbocycles. The lowest BCUT2D eigenvalue weighted by Crippen LogP contribution is -2.43. The molecule has 1 unspecified atom stereocenters. The van der Waals surface area contributed by atoms with Crippen molar-refractivity contribution >= 4 is 17.5 Å². The van der Waals surface area contributed by atoms with Crippen LogP contribution in [0.15, 0.2) is 30.7 Å². The zero-order valence-electron chi connectivity index (χ0n) is 12.3. The molecule has 6 nitrogen and oxygen atoms in total. The molecule has 1 saturated heterocycles. The Morgan fingerprint density at radius 2 is 2.41 bits per heavy atom. The lowest BCUT2D eigenvalue weighted by molar-refractivity contribution is -0.139. The average molecular weight is 321 g/mol. The highest BCUT2D eigenvalue weighted by atomic mass is 35.5. The molecular formula is C15H17ClN4O2. The quantitative estimate of drug-likeness (QED) is 0.866. The summed E-state index contributed by atoms with van der Waals surface area (Å²) in [7, 11) is 0. The standard InChI is InChI=1S/C15H17ClN4O2/c1-11-6-12(2-3-17-11)14-9-19(4-5-22-14)15(21)10-20-8-13(16)7-18-20/h2-3,6-8,14H,4-5,9-10H2,1H3. The second-order valence-corrected chi connectivity index (χ2v) is 5.72. The summed E-state index contributed by atoms with van der Waals surface area (Å²) in [6.45, 7) is 3.79. The van der Waals surface area contributed by atoms with Gasteiger partial charge in [0.2, 0.25) is 5.91 Å². The topological polar surface area (TPSA) is 60.2 Å². The maximum Gasteiger partial charge on any atom is 0.244 e. The van der Waals surface area contributed by atoms with Crippen LogP contribution in [-0.2, 0) is 16.1 Å². The number of carbonyl (C=O) groups excluding carboxylic acids is 1. The van der Waals surface area contributed by atoms with Crippen molar-refractivity contribution in [2.24, 2.45) is 0 Å². The smallest absolute Gasteiger partial charge is 0.244 e. The molecule has 1 aliphatic heterocycles. The normalized spacial score (nSPS) is 18.5. The van der Waals surface area contributed by atoms with Crippen molar-refractivity contribution in [3.63, 3.8) is 0 Å². The van der Waals surface area contributed by atoms with Crippen molar-refractivity contribution in [3.05, 3.63) is 47.0 Å². The fourth-order valence-electron chi connectivity index (χ4n) is 2.51. The summed E-state index contributed by atoms with van der Waals surface area (Å²) in [6.07, 6.45) is 4.82. The van der Waals surface area contributed by atoms with E-state index in [0.29, 0.717) is 24.7 Å². The van der Waals surface area contributed by atoms with Gasteiger partial charge in [0.25, 0.3) is 0 Å². The second-order valence-electron chi connectivity index (χ2n) is 5.29. The molecule has 2 aromatic rings. The van der Waals surface area contributed by atoms with Gasteiger partial charge in [-0.3, -0.25) is 14.5 Å². The van der Waals surface area contributed by atoms with Crippen LogP contribution in [0.25, 0.3) is 0 Å². The lowest BCUT2D eigenvalue weighted by Gasteiger charge is -2.33. The molecule has 0 spiro atoms. The van der Waals surface area contributed by atoms with Gasteiger partial charge >= 0.3 is 0 Å². The van der Waals surface area contributed by atoms with E-state index in [4.69, 9.17) is 16.3 Å². The Morgan fingerprint density at radius 3 is 3.14 bits per heavy atom. The number of pyridine rings is 1. The number of ether oxygens (including phenoxy) is 1. The van der Waals surface area contributed by atoms with Gasteiger partial charge in [0.15, 0.2) is 0 Å². The monoisotopic (exact) mass is 320 g/mol. The summed E-state index contributed by atoms with van der Waals surface area (Å²) in [5.74, 6) is 0.0128. The fraction of sp³-hybridized carbons (Fsp3) is 0.400. The predicted molar refractivity (Wildman–Crippen MR) is 81.5 cm³/mol. The van der Waals surface area contributed by atoms with Gasteiger partial charge in [-0.05, 0) is 24.6 Å². The van der Waals surface area contributed by atoms with Crippen LogP contribution in [0.5, 0.6) is 0 Å². The first-order valence-corrected chi connectivity index (χ1v) is 7.49. The number of aryl methyl sites for hydroxylation is 1. The van der Waals surface area contributed by atoms with Gasteiger partial charge in [-0.2, -0.15) is 5.10 Å². The number of hydrogen-bond donors (Lipinski definition) is 0. The first-order chi connectivity index (χ1) is 10.6. The summed E-state index contributed by atoms with van der Waals surface area (Å²) in [5, 5.41) is 4.56. The van der Waals surface area contributed by atoms with Crippen LogP contribution in [0.2, 0.25) is 5.02 Å². The summed E-state index contributed by atoms with van der Waals surface area (Å²) in [6, 6.07) is 3.92. The number of aromatic nitrogens is 3. The van der Waals surface area contributed by atoms with Gasteiger partial charge in [-0.15, -0.1) is 0 Å². The Kier molecular flexibility index (Phi) is 4.40. The minimum atomic E-state index is -0.111. The van der Waals surface area contributed by atoms with Gasteiger partial charge in [0, 0.05) is 24.6 Å². The van der Waals surface area contributed by atoms with E-state index < -0.39 is 0 Å². The van der Waals surface area contributed by atoms with E-state index in [-0.39, 0.29) is 18.6 Å². The molecule has 22 heavy (non-hydrogen) atoms. The molecule has 1 aliphatic rings. The van der Waals surface area contributed by atoms with Crippen molar-refractivity contribution in [2.75, 3.05) is 19.7 Å². The highest BCUT2D eigenvalue weighted by Gasteiger charge is 2.25. The fourth-order valence-corrected chi connectivity index (χ4v) is 2.66. The molecule has 2 aromatic heterocycles. The van der Waals surface area contributed by atoms with E-state index in [1.807, 2.05) is 19.1 Å². The van der Waals surface area contributed by atoms with Gasteiger partial charge in [-0.1, -0.05) is 11.6 Å². The molecule has 1 fully saturated rings. The van der Waals surface area contributed by atoms with Crippen LogP contribution in [0, 0.1) is 6.92 Å². The van der Waals surface area contributed by atoms with Crippen LogP contribution < -0.4 is 0 Å². The van der Waals surface area contributed by atoms with E-state index in [1.165, 1.54) is 6.20 Å². The number of amides is 1. The van der Waals surface area contributed by atoms with Gasteiger partial charge in [-0.25, -0.2) is 0 Å². The average Bonchev–Trinajstić information content (AvgIpc) is 2.92. The van der Waals surface area contributed by atoms with Crippen molar-refractivity contribution < 1.29 is 9.53 Å². The Labute approximate surface area is 133 Å². The minimum absolute atomic E-state index is 0.0128. The third-order valence-electron chi connectivity index (χ3n) is 3.61. The third-order valence-corrected chi connectivity index (χ3v) is 3.81. The maximum absolute atomic E-state index is 12.4. The van der Waals surface area contributed by atoms with Gasteiger partial charge in [0.1, 0.15) is 12.6 Å². The SMILES string of the molecule is Cc1cc(C2CN(C(=O)Cn3cc(Cl)cn3)CCO2)ccn1. The van der Waals surface area contributed by atoms with Crippen LogP contribution in [0.1, 0.15) is 17.4 Å². The zero-order valence-corrected chi connectivity index (χ0v) is 13.0. The highest BCUT2D eigenvalue weighted by molar-refractivity contribution is 6.30. The summed E-state index contributed by atoms with van der Waals surface area (Å²) < 4.78 is 7.34. The number of halogens is 1. The molecular weight excluding hydrogens is 304 g/mol. The number of morpholine rings is 1. The van der Waals surface area contributed by atoms with Gasteiger partial charge < -0.3 is 9.64 Å².